The number of Topliss-reactive ketones (excluding diaryl/α,β-unsaturated/α-hetero) is 2. The van der Waals surface area contributed by atoms with Crippen LogP contribution < -0.4 is 0 Å². The number of carbonyl (C=O) groups is 3. The van der Waals surface area contributed by atoms with E-state index in [-0.39, 0.29) is 19.2 Å². The van der Waals surface area contributed by atoms with E-state index in [9.17, 15) is 14.4 Å². The van der Waals surface area contributed by atoms with Gasteiger partial charge in [-0.15, -0.1) is 0 Å². The van der Waals surface area contributed by atoms with Crippen LogP contribution in [0.4, 0.5) is 0 Å². The molecule has 1 aliphatic rings. The lowest BCUT2D eigenvalue weighted by atomic mass is 10.4. The van der Waals surface area contributed by atoms with E-state index in [1.165, 1.54) is 27.9 Å². The van der Waals surface area contributed by atoms with Crippen LogP contribution >= 0.6 is 0 Å². The molecule has 1 fully saturated rings. The SMILES string of the molecule is C.CC.CC(C)=O.CCN1CCC(=O)C1.COC(C)=O. The summed E-state index contributed by atoms with van der Waals surface area (Å²) in [4.78, 5) is 31.8. The number of likely N-dealkylation sites (tertiary alicyclic amines) is 1. The van der Waals surface area contributed by atoms with Gasteiger partial charge in [0.1, 0.15) is 11.6 Å². The summed E-state index contributed by atoms with van der Waals surface area (Å²) in [6.07, 6.45) is 0.772. The van der Waals surface area contributed by atoms with Crippen LogP contribution in [0.15, 0.2) is 0 Å². The summed E-state index contributed by atoms with van der Waals surface area (Å²) < 4.78 is 4.11. The van der Waals surface area contributed by atoms with Crippen LogP contribution in [0.2, 0.25) is 0 Å². The molecule has 0 aliphatic carbocycles. The van der Waals surface area contributed by atoms with E-state index >= 15 is 0 Å². The van der Waals surface area contributed by atoms with E-state index in [4.69, 9.17) is 0 Å². The van der Waals surface area contributed by atoms with Crippen molar-refractivity contribution in [2.24, 2.45) is 0 Å². The highest BCUT2D eigenvalue weighted by molar-refractivity contribution is 5.82. The molecule has 0 N–H and O–H groups in total. The smallest absolute Gasteiger partial charge is 0.302 e. The van der Waals surface area contributed by atoms with Gasteiger partial charge < -0.3 is 9.53 Å². The van der Waals surface area contributed by atoms with Gasteiger partial charge in [-0.05, 0) is 20.4 Å². The highest BCUT2D eigenvalue weighted by atomic mass is 16.5. The monoisotopic (exact) mass is 291 g/mol. The summed E-state index contributed by atoms with van der Waals surface area (Å²) in [6, 6.07) is 0. The Balaban J connectivity index is -0.0000000941. The van der Waals surface area contributed by atoms with Crippen LogP contribution in [-0.2, 0) is 19.1 Å². The molecule has 5 nitrogen and oxygen atoms in total. The molecule has 1 saturated heterocycles. The van der Waals surface area contributed by atoms with Crippen LogP contribution in [0.5, 0.6) is 0 Å². The minimum atomic E-state index is -0.245. The van der Waals surface area contributed by atoms with Gasteiger partial charge in [-0.2, -0.15) is 0 Å². The molecule has 0 spiro atoms. The predicted octanol–water partition coefficient (Wildman–Crippen LogP) is 2.72. The molecule has 1 heterocycles. The Labute approximate surface area is 124 Å². The summed E-state index contributed by atoms with van der Waals surface area (Å²) in [5.41, 5.74) is 0. The van der Waals surface area contributed by atoms with Crippen LogP contribution in [0.3, 0.4) is 0 Å². The normalized spacial score (nSPS) is 12.2. The molecule has 0 bridgehead atoms. The molecule has 1 aliphatic heterocycles. The summed E-state index contributed by atoms with van der Waals surface area (Å²) in [7, 11) is 1.35. The lowest BCUT2D eigenvalue weighted by Crippen LogP contribution is -2.19. The third kappa shape index (κ3) is 30.1. The molecule has 122 valence electrons. The van der Waals surface area contributed by atoms with Crippen molar-refractivity contribution in [1.29, 1.82) is 0 Å². The molecule has 0 atom stereocenters. The molecule has 5 heteroatoms. The molecule has 0 aromatic heterocycles. The molecule has 20 heavy (non-hydrogen) atoms. The average molecular weight is 291 g/mol. The summed E-state index contributed by atoms with van der Waals surface area (Å²) in [5, 5.41) is 0. The van der Waals surface area contributed by atoms with Crippen molar-refractivity contribution in [2.45, 2.75) is 55.4 Å². The number of methoxy groups -OCH3 is 1. The number of hydrogen-bond donors (Lipinski definition) is 0. The van der Waals surface area contributed by atoms with Gasteiger partial charge >= 0.3 is 5.97 Å². The quantitative estimate of drug-likeness (QED) is 0.695. The topological polar surface area (TPSA) is 63.7 Å². The minimum absolute atomic E-state index is 0. The second kappa shape index (κ2) is 20.1. The highest BCUT2D eigenvalue weighted by Crippen LogP contribution is 2.01. The summed E-state index contributed by atoms with van der Waals surface area (Å²) >= 11 is 0. The summed E-state index contributed by atoms with van der Waals surface area (Å²) in [5.74, 6) is 0.317. The number of ketones is 2. The zero-order valence-electron chi connectivity index (χ0n) is 13.4. The van der Waals surface area contributed by atoms with Crippen LogP contribution in [0.25, 0.3) is 0 Å². The van der Waals surface area contributed by atoms with Gasteiger partial charge in [0.15, 0.2) is 0 Å². The van der Waals surface area contributed by atoms with Gasteiger partial charge in [0.2, 0.25) is 0 Å². The Hall–Kier alpha value is -1.23. The molecule has 0 saturated carbocycles. The van der Waals surface area contributed by atoms with Crippen molar-refractivity contribution < 1.29 is 19.1 Å². The van der Waals surface area contributed by atoms with Gasteiger partial charge in [-0.1, -0.05) is 28.2 Å². The Bertz CT molecular complexity index is 248. The van der Waals surface area contributed by atoms with Gasteiger partial charge in [0.05, 0.1) is 13.7 Å². The van der Waals surface area contributed by atoms with E-state index < -0.39 is 0 Å². The van der Waals surface area contributed by atoms with E-state index in [0.717, 1.165) is 19.5 Å². The minimum Gasteiger partial charge on any atom is -0.469 e. The predicted molar refractivity (Wildman–Crippen MR) is 83.9 cm³/mol. The molecule has 1 rings (SSSR count). The first-order valence-corrected chi connectivity index (χ1v) is 6.59. The van der Waals surface area contributed by atoms with Crippen LogP contribution in [0.1, 0.15) is 55.4 Å². The van der Waals surface area contributed by atoms with Gasteiger partial charge in [0.25, 0.3) is 0 Å². The molecule has 0 radical (unpaired) electrons. The molecular weight excluding hydrogens is 258 g/mol. The average Bonchev–Trinajstić information content (AvgIpc) is 2.78. The van der Waals surface area contributed by atoms with Gasteiger partial charge in [0, 0.05) is 19.9 Å². The van der Waals surface area contributed by atoms with Crippen molar-refractivity contribution in [2.75, 3.05) is 26.7 Å². The lowest BCUT2D eigenvalue weighted by Gasteiger charge is -2.07. The summed E-state index contributed by atoms with van der Waals surface area (Å²) in [6.45, 7) is 13.2. The third-order valence-electron chi connectivity index (χ3n) is 1.84. The number of likely N-dealkylation sites (N-methyl/N-ethyl adjacent to an activating group) is 1. The van der Waals surface area contributed by atoms with E-state index in [1.807, 2.05) is 13.8 Å². The standard InChI is InChI=1S/C6H11NO.C3H6O2.C3H6O.C2H6.CH4/c1-2-7-4-3-6(8)5-7;1-3(4)5-2;1-3(2)4;1-2;/h2-5H2,1H3;1-2H3;1-2H3;1-2H3;1H4. The Morgan fingerprint density at radius 3 is 1.65 bits per heavy atom. The highest BCUT2D eigenvalue weighted by Gasteiger charge is 2.16. The van der Waals surface area contributed by atoms with E-state index in [1.54, 1.807) is 0 Å². The molecular formula is C15H33NO4. The number of carbonyl (C=O) groups excluding carboxylic acids is 3. The molecule has 0 unspecified atom stereocenters. The lowest BCUT2D eigenvalue weighted by molar-refractivity contribution is -0.138. The van der Waals surface area contributed by atoms with Crippen molar-refractivity contribution in [1.82, 2.24) is 4.90 Å². The van der Waals surface area contributed by atoms with Gasteiger partial charge in [-0.3, -0.25) is 14.5 Å². The first kappa shape index (κ1) is 27.2. The zero-order chi connectivity index (χ0) is 15.8. The van der Waals surface area contributed by atoms with E-state index in [0.29, 0.717) is 12.3 Å². The fourth-order valence-corrected chi connectivity index (χ4v) is 0.960. The molecule has 0 amide bonds. The Morgan fingerprint density at radius 2 is 1.55 bits per heavy atom. The fraction of sp³-hybridized carbons (Fsp3) is 0.800. The number of hydrogen-bond acceptors (Lipinski definition) is 5. The second-order valence-electron chi connectivity index (χ2n) is 3.76. The van der Waals surface area contributed by atoms with Crippen LogP contribution in [0, 0.1) is 0 Å². The number of esters is 1. The largest absolute Gasteiger partial charge is 0.469 e. The molecule has 0 aromatic carbocycles. The van der Waals surface area contributed by atoms with E-state index in [2.05, 4.69) is 16.6 Å². The third-order valence-corrected chi connectivity index (χ3v) is 1.84. The maximum atomic E-state index is 10.6. The Morgan fingerprint density at radius 1 is 1.20 bits per heavy atom. The first-order chi connectivity index (χ1) is 8.83. The maximum Gasteiger partial charge on any atom is 0.302 e. The number of ether oxygens (including phenoxy) is 1. The zero-order valence-corrected chi connectivity index (χ0v) is 13.4. The van der Waals surface area contributed by atoms with Crippen molar-refractivity contribution in [3.05, 3.63) is 0 Å². The molecule has 0 aromatic rings. The van der Waals surface area contributed by atoms with Crippen molar-refractivity contribution in [3.63, 3.8) is 0 Å². The van der Waals surface area contributed by atoms with Gasteiger partial charge in [-0.25, -0.2) is 0 Å². The number of rotatable bonds is 1. The second-order valence-corrected chi connectivity index (χ2v) is 3.76. The van der Waals surface area contributed by atoms with Crippen LogP contribution in [-0.4, -0.2) is 49.2 Å². The fourth-order valence-electron chi connectivity index (χ4n) is 0.960. The maximum absolute atomic E-state index is 10.6. The van der Waals surface area contributed by atoms with Crippen molar-refractivity contribution in [3.8, 4) is 0 Å². The first-order valence-electron chi connectivity index (χ1n) is 6.59. The Kier molecular flexibility index (Phi) is 27.3. The van der Waals surface area contributed by atoms with Crippen molar-refractivity contribution >= 4 is 17.5 Å². The number of nitrogens with zero attached hydrogens (tertiary/aromatic N) is 1.